The van der Waals surface area contributed by atoms with Crippen LogP contribution in [0.3, 0.4) is 0 Å². The Bertz CT molecular complexity index is 1540. The fourth-order valence-electron chi connectivity index (χ4n) is 4.48. The summed E-state index contributed by atoms with van der Waals surface area (Å²) in [4.78, 5) is 28.5. The third-order valence-electron chi connectivity index (χ3n) is 5.98. The number of hydrogen-bond acceptors (Lipinski definition) is 8. The Balaban J connectivity index is 1.38. The van der Waals surface area contributed by atoms with Crippen molar-refractivity contribution in [1.82, 2.24) is 39.6 Å². The maximum atomic E-state index is 14.0. The van der Waals surface area contributed by atoms with Gasteiger partial charge in [0.15, 0.2) is 11.5 Å². The molecule has 5 aromatic rings. The molecule has 5 aromatic heterocycles. The zero-order valence-corrected chi connectivity index (χ0v) is 19.1. The second-order valence-corrected chi connectivity index (χ2v) is 9.38. The smallest absolute Gasteiger partial charge is 0.235 e. The summed E-state index contributed by atoms with van der Waals surface area (Å²) < 4.78 is 15.5. The summed E-state index contributed by atoms with van der Waals surface area (Å²) in [6.07, 6.45) is 8.36. The van der Waals surface area contributed by atoms with Crippen molar-refractivity contribution in [2.45, 2.75) is 24.7 Å². The van der Waals surface area contributed by atoms with Gasteiger partial charge in [-0.25, -0.2) is 14.5 Å². The molecule has 5 heterocycles. The van der Waals surface area contributed by atoms with Gasteiger partial charge >= 0.3 is 0 Å². The summed E-state index contributed by atoms with van der Waals surface area (Å²) in [7, 11) is 0. The zero-order valence-electron chi connectivity index (χ0n) is 17.6. The summed E-state index contributed by atoms with van der Waals surface area (Å²) in [6, 6.07) is 2.86. The number of thiazole rings is 1. The zero-order chi connectivity index (χ0) is 23.4. The molecular weight excluding hydrogens is 481 g/mol. The quantitative estimate of drug-likeness (QED) is 0.406. The molecule has 1 aliphatic rings. The molecule has 13 heteroatoms. The Kier molecular flexibility index (Phi) is 4.67. The second kappa shape index (κ2) is 7.64. The molecule has 0 aromatic carbocycles. The predicted octanol–water partition coefficient (Wildman–Crippen LogP) is 3.39. The average Bonchev–Trinajstić information content (AvgIpc) is 3.60. The lowest BCUT2D eigenvalue weighted by molar-refractivity contribution is -0.117. The minimum atomic E-state index is -0.632. The van der Waals surface area contributed by atoms with Crippen molar-refractivity contribution in [3.8, 4) is 5.82 Å². The normalized spacial score (nSPS) is 19.4. The number of anilines is 1. The van der Waals surface area contributed by atoms with Crippen molar-refractivity contribution in [2.24, 2.45) is 0 Å². The van der Waals surface area contributed by atoms with Crippen LogP contribution in [0.2, 0.25) is 5.02 Å². The van der Waals surface area contributed by atoms with E-state index in [1.54, 1.807) is 24.0 Å². The van der Waals surface area contributed by atoms with Gasteiger partial charge < -0.3 is 5.32 Å². The predicted molar refractivity (Wildman–Crippen MR) is 122 cm³/mol. The van der Waals surface area contributed by atoms with Gasteiger partial charge in [0.2, 0.25) is 11.9 Å². The van der Waals surface area contributed by atoms with E-state index in [0.717, 1.165) is 10.6 Å². The van der Waals surface area contributed by atoms with Crippen LogP contribution in [-0.4, -0.2) is 45.5 Å². The minimum Gasteiger partial charge on any atom is -0.324 e. The van der Waals surface area contributed by atoms with Crippen LogP contribution in [0.15, 0.2) is 48.6 Å². The number of carbonyl (C=O) groups excluding carboxylic acids is 1. The molecule has 10 nitrogen and oxygen atoms in total. The molecule has 34 heavy (non-hydrogen) atoms. The van der Waals surface area contributed by atoms with E-state index < -0.39 is 17.3 Å². The van der Waals surface area contributed by atoms with E-state index in [0.29, 0.717) is 29.1 Å². The molecule has 0 aliphatic heterocycles. The number of rotatable bonds is 4. The lowest BCUT2D eigenvalue weighted by Gasteiger charge is -2.24. The number of carbonyl (C=O) groups is 1. The largest absolute Gasteiger partial charge is 0.324 e. The molecule has 6 rings (SSSR count). The van der Waals surface area contributed by atoms with E-state index >= 15 is 0 Å². The highest BCUT2D eigenvalue weighted by Gasteiger charge is 2.48. The van der Waals surface area contributed by atoms with E-state index in [2.05, 4.69) is 35.6 Å². The van der Waals surface area contributed by atoms with Crippen molar-refractivity contribution in [2.75, 3.05) is 5.32 Å². The lowest BCUT2D eigenvalue weighted by atomic mass is 9.85. The summed E-state index contributed by atoms with van der Waals surface area (Å²) >= 11 is 7.83. The highest BCUT2D eigenvalue weighted by molar-refractivity contribution is 7.09. The molecule has 2 atom stereocenters. The van der Waals surface area contributed by atoms with Gasteiger partial charge in [0.05, 0.1) is 46.4 Å². The van der Waals surface area contributed by atoms with Crippen LogP contribution in [-0.2, 0) is 10.2 Å². The molecule has 1 aliphatic carbocycles. The summed E-state index contributed by atoms with van der Waals surface area (Å²) in [6.45, 7) is 2.01. The Labute approximate surface area is 200 Å². The second-order valence-electron chi connectivity index (χ2n) is 8.09. The fourth-order valence-corrected chi connectivity index (χ4v) is 5.52. The van der Waals surface area contributed by atoms with Crippen molar-refractivity contribution < 1.29 is 9.18 Å². The average molecular weight is 496 g/mol. The van der Waals surface area contributed by atoms with Crippen molar-refractivity contribution in [3.63, 3.8) is 0 Å². The summed E-state index contributed by atoms with van der Waals surface area (Å²) in [5, 5.41) is 15.2. The number of pyridine rings is 1. The third-order valence-corrected chi connectivity index (χ3v) is 7.30. The number of hydrogen-bond donors (Lipinski definition) is 1. The SMILES string of the molecule is C[C@]1(c2cncs2)C[C@@H](C(=O)Nc2cnc(-n3nccn3)c(Cl)c2)c2cnc3cc(F)nn3c21. The van der Waals surface area contributed by atoms with Crippen LogP contribution in [0.4, 0.5) is 10.1 Å². The first-order valence-corrected chi connectivity index (χ1v) is 11.5. The van der Waals surface area contributed by atoms with Crippen molar-refractivity contribution in [1.29, 1.82) is 0 Å². The Morgan fingerprint density at radius 2 is 2.06 bits per heavy atom. The lowest BCUT2D eigenvalue weighted by Crippen LogP contribution is -2.24. The number of aromatic nitrogens is 8. The molecule has 0 saturated carbocycles. The molecule has 0 spiro atoms. The standard InChI is InChI=1S/C21H15ClFN9OS/c1-21(15-9-24-10-34-15)6-12(13-8-25-17-5-16(23)30-31(17)18(13)21)20(33)29-11-4-14(22)19(26-7-11)32-27-2-3-28-32/h2-5,7-10,12H,6H2,1H3,(H,29,33)/t12-,21-/m1/s1. The van der Waals surface area contributed by atoms with Crippen LogP contribution < -0.4 is 5.32 Å². The number of nitrogens with zero attached hydrogens (tertiary/aromatic N) is 8. The van der Waals surface area contributed by atoms with E-state index in [1.165, 1.54) is 45.3 Å². The van der Waals surface area contributed by atoms with Crippen LogP contribution in [0.1, 0.15) is 35.4 Å². The van der Waals surface area contributed by atoms with E-state index in [1.807, 2.05) is 6.92 Å². The highest BCUT2D eigenvalue weighted by atomic mass is 35.5. The number of amides is 1. The van der Waals surface area contributed by atoms with Crippen LogP contribution in [0.5, 0.6) is 0 Å². The Morgan fingerprint density at radius 3 is 2.79 bits per heavy atom. The van der Waals surface area contributed by atoms with Crippen molar-refractivity contribution in [3.05, 3.63) is 75.7 Å². The van der Waals surface area contributed by atoms with Gasteiger partial charge in [-0.1, -0.05) is 11.6 Å². The van der Waals surface area contributed by atoms with Gasteiger partial charge in [0.1, 0.15) is 0 Å². The first-order chi connectivity index (χ1) is 16.4. The molecule has 0 saturated heterocycles. The van der Waals surface area contributed by atoms with Crippen molar-refractivity contribution >= 4 is 40.2 Å². The third kappa shape index (κ3) is 3.17. The maximum absolute atomic E-state index is 14.0. The first kappa shape index (κ1) is 20.8. The van der Waals surface area contributed by atoms with Gasteiger partial charge in [0, 0.05) is 34.3 Å². The Morgan fingerprint density at radius 1 is 1.24 bits per heavy atom. The number of fused-ring (bicyclic) bond motifs is 3. The monoisotopic (exact) mass is 495 g/mol. The van der Waals surface area contributed by atoms with E-state index in [4.69, 9.17) is 11.6 Å². The summed E-state index contributed by atoms with van der Waals surface area (Å²) in [5.41, 5.74) is 3.34. The summed E-state index contributed by atoms with van der Waals surface area (Å²) in [5.74, 6) is -1.10. The molecular formula is C21H15ClFN9OS. The van der Waals surface area contributed by atoms with Gasteiger partial charge in [-0.05, 0) is 19.4 Å². The molecule has 0 bridgehead atoms. The van der Waals surface area contributed by atoms with Crippen LogP contribution >= 0.6 is 22.9 Å². The topological polar surface area (TPSA) is 116 Å². The Hall–Kier alpha value is -3.77. The van der Waals surface area contributed by atoms with E-state index in [-0.39, 0.29) is 10.9 Å². The molecule has 0 unspecified atom stereocenters. The number of nitrogens with one attached hydrogen (secondary N) is 1. The first-order valence-electron chi connectivity index (χ1n) is 10.2. The van der Waals surface area contributed by atoms with E-state index in [9.17, 15) is 9.18 Å². The van der Waals surface area contributed by atoms with Gasteiger partial charge in [-0.3, -0.25) is 9.78 Å². The molecule has 1 amide bonds. The maximum Gasteiger partial charge on any atom is 0.235 e. The molecule has 0 radical (unpaired) electrons. The number of halogens is 2. The fraction of sp³-hybridized carbons (Fsp3) is 0.190. The van der Waals surface area contributed by atoms with Crippen LogP contribution in [0.25, 0.3) is 11.5 Å². The molecule has 170 valence electrons. The van der Waals surface area contributed by atoms with Gasteiger partial charge in [-0.2, -0.15) is 14.6 Å². The molecule has 0 fully saturated rings. The van der Waals surface area contributed by atoms with Gasteiger partial charge in [0.25, 0.3) is 0 Å². The van der Waals surface area contributed by atoms with Crippen LogP contribution in [0, 0.1) is 5.95 Å². The molecule has 1 N–H and O–H groups in total. The highest BCUT2D eigenvalue weighted by Crippen LogP contribution is 2.50. The van der Waals surface area contributed by atoms with Gasteiger partial charge in [-0.15, -0.1) is 21.2 Å². The minimum absolute atomic E-state index is 0.258.